The number of thiol groups is 1. The Morgan fingerprint density at radius 1 is 0.195 bits per heavy atom. The normalized spacial score (nSPS) is 18.4. The summed E-state index contributed by atoms with van der Waals surface area (Å²) in [6.07, 6.45) is -16.3. The van der Waals surface area contributed by atoms with E-state index >= 15 is 0 Å². The van der Waals surface area contributed by atoms with Gasteiger partial charge in [0.25, 0.3) is 5.00 Å². The molecule has 0 nitrogen and oxygen atoms in total. The minimum atomic E-state index is -9.60. The second-order valence-electron chi connectivity index (χ2n) is 7.36. The Kier molecular flexibility index (Phi) is 8.88. The first-order valence-corrected chi connectivity index (χ1v) is 8.77. The summed E-state index contributed by atoms with van der Waals surface area (Å²) in [5.41, 5.74) is 0. The van der Waals surface area contributed by atoms with Crippen molar-refractivity contribution >= 4 is 12.6 Å². The van der Waals surface area contributed by atoms with Gasteiger partial charge in [0.2, 0.25) is 0 Å². The second-order valence-corrected chi connectivity index (χ2v) is 7.98. The molecule has 0 aromatic heterocycles. The number of hydrogen-bond donors (Lipinski definition) is 1. The van der Waals surface area contributed by atoms with Crippen LogP contribution in [0.1, 0.15) is 0 Å². The van der Waals surface area contributed by atoms with Gasteiger partial charge in [-0.05, 0) is 0 Å². The Morgan fingerprint density at radius 2 is 0.317 bits per heavy atom. The fourth-order valence-corrected chi connectivity index (χ4v) is 2.43. The van der Waals surface area contributed by atoms with Crippen molar-refractivity contribution in [1.82, 2.24) is 0 Å². The monoisotopic (exact) mass is 702 g/mol. The fourth-order valence-electron chi connectivity index (χ4n) is 2.15. The molecule has 41 heavy (non-hydrogen) atoms. The molecule has 0 bridgehead atoms. The van der Waals surface area contributed by atoms with Crippen molar-refractivity contribution in [3.8, 4) is 0 Å². The van der Waals surface area contributed by atoms with E-state index in [1.54, 1.807) is 0 Å². The molecule has 1 atom stereocenters. The van der Waals surface area contributed by atoms with Crippen LogP contribution in [0.25, 0.3) is 0 Å². The van der Waals surface area contributed by atoms with Crippen LogP contribution in [-0.2, 0) is 0 Å². The van der Waals surface area contributed by atoms with E-state index in [4.69, 9.17) is 0 Å². The maximum absolute atomic E-state index is 13.9. The van der Waals surface area contributed by atoms with Crippen molar-refractivity contribution in [3.63, 3.8) is 0 Å². The first-order chi connectivity index (χ1) is 17.0. The molecular formula is C13HF27S. The highest BCUT2D eigenvalue weighted by Gasteiger charge is 2.99. The average molecular weight is 702 g/mol. The third-order valence-corrected chi connectivity index (χ3v) is 5.26. The zero-order valence-corrected chi connectivity index (χ0v) is 18.0. The molecule has 0 saturated carbocycles. The van der Waals surface area contributed by atoms with Crippen molar-refractivity contribution in [1.29, 1.82) is 0 Å². The molecule has 0 aromatic carbocycles. The molecule has 0 radical (unpaired) electrons. The Balaban J connectivity index is 7.41. The van der Waals surface area contributed by atoms with Crippen LogP contribution >= 0.6 is 12.6 Å². The van der Waals surface area contributed by atoms with Gasteiger partial charge in [-0.2, -0.15) is 114 Å². The van der Waals surface area contributed by atoms with Gasteiger partial charge in [-0.3, -0.25) is 0 Å². The highest BCUT2D eigenvalue weighted by Crippen LogP contribution is 2.68. The zero-order chi connectivity index (χ0) is 34.5. The van der Waals surface area contributed by atoms with E-state index in [0.29, 0.717) is 0 Å². The Bertz CT molecular complexity index is 885. The lowest BCUT2D eigenvalue weighted by molar-refractivity contribution is -0.470. The molecule has 0 saturated heterocycles. The van der Waals surface area contributed by atoms with Gasteiger partial charge in [0.1, 0.15) is 0 Å². The summed E-state index contributed by atoms with van der Waals surface area (Å²) < 4.78 is 351. The molecule has 0 aliphatic heterocycles. The lowest BCUT2D eigenvalue weighted by Crippen LogP contribution is -2.78. The molecule has 28 heteroatoms. The molecule has 0 N–H and O–H groups in total. The summed E-state index contributed by atoms with van der Waals surface area (Å²) in [5.74, 6) is -91.6. The van der Waals surface area contributed by atoms with E-state index in [2.05, 4.69) is 0 Å². The molecule has 0 fully saturated rings. The zero-order valence-electron chi connectivity index (χ0n) is 17.2. The fraction of sp³-hybridized carbons (Fsp3) is 1.00. The quantitative estimate of drug-likeness (QED) is 0.171. The van der Waals surface area contributed by atoms with Crippen LogP contribution in [0.5, 0.6) is 0 Å². The van der Waals surface area contributed by atoms with E-state index in [-0.39, 0.29) is 0 Å². The van der Waals surface area contributed by atoms with Gasteiger partial charge in [0.05, 0.1) is 0 Å². The SMILES string of the molecule is FC(F)(F)C(F)(F)C(F)(F)C(F)(F)C(F)(F)C(F)(F)C(F)(F)C(F)(F)C(F)(S)C(F)(F)C(F)(F)C(F)(F)C(F)(F)F. The van der Waals surface area contributed by atoms with Gasteiger partial charge in [0.15, 0.2) is 0 Å². The van der Waals surface area contributed by atoms with Crippen molar-refractivity contribution in [2.75, 3.05) is 0 Å². The Labute approximate surface area is 209 Å². The summed E-state index contributed by atoms with van der Waals surface area (Å²) in [7, 11) is 0. The maximum Gasteiger partial charge on any atom is 0.460 e. The first kappa shape index (κ1) is 39.5. The molecule has 248 valence electrons. The molecule has 0 aliphatic rings. The van der Waals surface area contributed by atoms with Crippen molar-refractivity contribution < 1.29 is 119 Å². The van der Waals surface area contributed by atoms with Gasteiger partial charge in [-0.15, -0.1) is 12.6 Å². The minimum Gasteiger partial charge on any atom is -0.218 e. The standard InChI is InChI=1S/C13HF27S/c14-1(15,3(18,19)5(22,23)9(30,31)12(35,36)37)2(16,17)4(20,21)7(26,27)11(34,41)8(28,29)6(24,25)10(32,33)13(38,39)40/h41H. The summed E-state index contributed by atoms with van der Waals surface area (Å²) in [6, 6.07) is 0. The van der Waals surface area contributed by atoms with Gasteiger partial charge >= 0.3 is 71.6 Å². The molecular weight excluding hydrogens is 701 g/mol. The van der Waals surface area contributed by atoms with Crippen LogP contribution in [0.2, 0.25) is 0 Å². The first-order valence-electron chi connectivity index (χ1n) is 8.33. The Hall–Kier alpha value is -1.54. The third-order valence-electron chi connectivity index (χ3n) is 4.70. The minimum absolute atomic E-state index is 0.793. The highest BCUT2D eigenvalue weighted by atomic mass is 32.1. The predicted molar refractivity (Wildman–Crippen MR) is 74.4 cm³/mol. The summed E-state index contributed by atoms with van der Waals surface area (Å²) in [6.45, 7) is 0. The largest absolute Gasteiger partial charge is 0.460 e. The molecule has 0 rings (SSSR count). The molecule has 0 amide bonds. The third kappa shape index (κ3) is 4.51. The van der Waals surface area contributed by atoms with Crippen molar-refractivity contribution in [2.45, 2.75) is 76.6 Å². The molecule has 0 aliphatic carbocycles. The number of halogens is 27. The van der Waals surface area contributed by atoms with E-state index in [1.165, 1.54) is 0 Å². The van der Waals surface area contributed by atoms with Crippen LogP contribution in [0.4, 0.5) is 119 Å². The van der Waals surface area contributed by atoms with Crippen LogP contribution < -0.4 is 0 Å². The lowest BCUT2D eigenvalue weighted by atomic mass is 9.85. The summed E-state index contributed by atoms with van der Waals surface area (Å²) >= 11 is 0.793. The number of alkyl halides is 27. The summed E-state index contributed by atoms with van der Waals surface area (Å²) in [5, 5.41) is -8.49. The highest BCUT2D eigenvalue weighted by molar-refractivity contribution is 7.81. The van der Waals surface area contributed by atoms with Crippen LogP contribution in [0, 0.1) is 0 Å². The molecule has 0 heterocycles. The number of hydrogen-bond acceptors (Lipinski definition) is 1. The average Bonchev–Trinajstić information content (AvgIpc) is 2.70. The van der Waals surface area contributed by atoms with Crippen LogP contribution in [0.15, 0.2) is 0 Å². The van der Waals surface area contributed by atoms with Gasteiger partial charge in [-0.1, -0.05) is 0 Å². The second kappa shape index (κ2) is 9.23. The molecule has 0 aromatic rings. The van der Waals surface area contributed by atoms with Gasteiger partial charge in [-0.25, -0.2) is 4.39 Å². The van der Waals surface area contributed by atoms with Gasteiger partial charge < -0.3 is 0 Å². The number of rotatable bonds is 10. The molecule has 0 spiro atoms. The van der Waals surface area contributed by atoms with Crippen molar-refractivity contribution in [2.24, 2.45) is 0 Å². The lowest BCUT2D eigenvalue weighted by Gasteiger charge is -2.46. The van der Waals surface area contributed by atoms with E-state index in [1.807, 2.05) is 0 Å². The van der Waals surface area contributed by atoms with E-state index < -0.39 is 76.6 Å². The van der Waals surface area contributed by atoms with Crippen molar-refractivity contribution in [3.05, 3.63) is 0 Å². The molecule has 1 unspecified atom stereocenters. The smallest absolute Gasteiger partial charge is 0.218 e. The van der Waals surface area contributed by atoms with E-state index in [9.17, 15) is 119 Å². The van der Waals surface area contributed by atoms with Gasteiger partial charge in [0, 0.05) is 0 Å². The summed E-state index contributed by atoms with van der Waals surface area (Å²) in [4.78, 5) is 0. The van der Waals surface area contributed by atoms with E-state index in [0.717, 1.165) is 12.6 Å². The topological polar surface area (TPSA) is 0 Å². The van der Waals surface area contributed by atoms with Crippen LogP contribution in [0.3, 0.4) is 0 Å². The maximum atomic E-state index is 13.9. The predicted octanol–water partition coefficient (Wildman–Crippen LogP) is 9.06. The Morgan fingerprint density at radius 3 is 0.488 bits per heavy atom. The van der Waals surface area contributed by atoms with Crippen LogP contribution in [-0.4, -0.2) is 76.6 Å².